The highest BCUT2D eigenvalue weighted by Crippen LogP contribution is 2.42. The number of para-hydroxylation sites is 1. The number of hydrogen-bond acceptors (Lipinski definition) is 2. The molecule has 164 valence electrons. The third kappa shape index (κ3) is 3.23. The topological polar surface area (TPSA) is 56.4 Å². The molecule has 0 radical (unpaired) electrons. The van der Waals surface area contributed by atoms with Gasteiger partial charge in [0.05, 0.1) is 6.04 Å². The maximum Gasteiger partial charge on any atom is 0.246 e. The van der Waals surface area contributed by atoms with Gasteiger partial charge in [0.2, 0.25) is 11.8 Å². The summed E-state index contributed by atoms with van der Waals surface area (Å²) in [5, 5.41) is 1.13. The number of aromatic amines is 1. The van der Waals surface area contributed by atoms with Gasteiger partial charge in [0.1, 0.15) is 12.6 Å². The van der Waals surface area contributed by atoms with Crippen molar-refractivity contribution in [2.75, 3.05) is 6.54 Å². The Hall–Kier alpha value is -3.86. The lowest BCUT2D eigenvalue weighted by atomic mass is 9.86. The Morgan fingerprint density at radius 3 is 2.42 bits per heavy atom. The maximum atomic E-state index is 13.7. The second kappa shape index (κ2) is 7.62. The number of amides is 2. The quantitative estimate of drug-likeness (QED) is 0.520. The van der Waals surface area contributed by atoms with Crippen molar-refractivity contribution in [2.24, 2.45) is 0 Å². The highest BCUT2D eigenvalue weighted by atomic mass is 16.2. The Morgan fingerprint density at radius 1 is 0.909 bits per heavy atom. The maximum absolute atomic E-state index is 13.7. The van der Waals surface area contributed by atoms with Crippen LogP contribution in [0.25, 0.3) is 10.9 Å². The summed E-state index contributed by atoms with van der Waals surface area (Å²) < 4.78 is 0. The number of H-pyrrole nitrogens is 1. The molecule has 1 aromatic heterocycles. The van der Waals surface area contributed by atoms with Gasteiger partial charge in [0.15, 0.2) is 0 Å². The van der Waals surface area contributed by atoms with E-state index in [1.807, 2.05) is 47.4 Å². The number of carbonyl (C=O) groups excluding carboxylic acids is 2. The predicted molar refractivity (Wildman–Crippen MR) is 128 cm³/mol. The molecule has 0 bridgehead atoms. The molecule has 5 nitrogen and oxygen atoms in total. The van der Waals surface area contributed by atoms with E-state index in [1.165, 1.54) is 0 Å². The van der Waals surface area contributed by atoms with Gasteiger partial charge in [-0.05, 0) is 29.7 Å². The van der Waals surface area contributed by atoms with Crippen molar-refractivity contribution in [1.29, 1.82) is 0 Å². The standard InChI is InChI=1S/C28H25N3O2/c1-18-11-13-20(14-12-18)27-26-22(21-9-5-6-10-23(21)29-26)15-24-28(33)30(17-25(32)31(24)27)16-19-7-3-2-4-8-19/h2-14,24,27,29H,15-17H2,1H3/t24-,27+/m0/s1. The number of piperazine rings is 1. The van der Waals surface area contributed by atoms with Crippen LogP contribution in [0.3, 0.4) is 0 Å². The first-order chi connectivity index (χ1) is 16.1. The Morgan fingerprint density at radius 2 is 1.64 bits per heavy atom. The average Bonchev–Trinajstić information content (AvgIpc) is 3.21. The number of aryl methyl sites for hydroxylation is 1. The summed E-state index contributed by atoms with van der Waals surface area (Å²) in [7, 11) is 0. The fourth-order valence-electron chi connectivity index (χ4n) is 5.36. The van der Waals surface area contributed by atoms with Crippen molar-refractivity contribution in [1.82, 2.24) is 14.8 Å². The van der Waals surface area contributed by atoms with Crippen molar-refractivity contribution in [2.45, 2.75) is 32.0 Å². The normalized spacial score (nSPS) is 20.2. The van der Waals surface area contributed by atoms with Gasteiger partial charge in [-0.1, -0.05) is 78.4 Å². The zero-order valence-electron chi connectivity index (χ0n) is 18.5. The molecular formula is C28H25N3O2. The molecule has 2 aliphatic rings. The first-order valence-corrected chi connectivity index (χ1v) is 11.4. The zero-order valence-corrected chi connectivity index (χ0v) is 18.5. The Kier molecular flexibility index (Phi) is 4.57. The summed E-state index contributed by atoms with van der Waals surface area (Å²) in [4.78, 5) is 34.4. The summed E-state index contributed by atoms with van der Waals surface area (Å²) in [5.41, 5.74) is 6.43. The molecule has 0 aliphatic carbocycles. The summed E-state index contributed by atoms with van der Waals surface area (Å²) in [5.74, 6) is 0.0110. The third-order valence-corrected chi connectivity index (χ3v) is 6.95. The molecular weight excluding hydrogens is 410 g/mol. The van der Waals surface area contributed by atoms with Gasteiger partial charge in [-0.2, -0.15) is 0 Å². The van der Waals surface area contributed by atoms with Crippen molar-refractivity contribution in [3.8, 4) is 0 Å². The number of carbonyl (C=O) groups is 2. The van der Waals surface area contributed by atoms with E-state index in [4.69, 9.17) is 0 Å². The van der Waals surface area contributed by atoms with Crippen molar-refractivity contribution in [3.63, 3.8) is 0 Å². The first-order valence-electron chi connectivity index (χ1n) is 11.4. The van der Waals surface area contributed by atoms with Crippen LogP contribution in [-0.4, -0.2) is 39.2 Å². The van der Waals surface area contributed by atoms with E-state index >= 15 is 0 Å². The second-order valence-corrected chi connectivity index (χ2v) is 9.08. The lowest BCUT2D eigenvalue weighted by Crippen LogP contribution is -2.62. The van der Waals surface area contributed by atoms with Gasteiger partial charge in [-0.15, -0.1) is 0 Å². The highest BCUT2D eigenvalue weighted by molar-refractivity contribution is 5.97. The minimum absolute atomic E-state index is 0.00888. The number of nitrogens with zero attached hydrogens (tertiary/aromatic N) is 2. The number of benzene rings is 3. The fourth-order valence-corrected chi connectivity index (χ4v) is 5.36. The van der Waals surface area contributed by atoms with Crippen LogP contribution in [0.1, 0.15) is 34.0 Å². The SMILES string of the molecule is Cc1ccc([C@@H]2c3[nH]c4ccccc4c3C[C@H]3C(=O)N(Cc4ccccc4)CC(=O)N23)cc1. The molecule has 33 heavy (non-hydrogen) atoms. The summed E-state index contributed by atoms with van der Waals surface area (Å²) >= 11 is 0. The van der Waals surface area contributed by atoms with Gasteiger partial charge < -0.3 is 14.8 Å². The second-order valence-electron chi connectivity index (χ2n) is 9.08. The average molecular weight is 436 g/mol. The van der Waals surface area contributed by atoms with Crippen LogP contribution in [0, 0.1) is 6.92 Å². The molecule has 3 aromatic carbocycles. The molecule has 2 amide bonds. The van der Waals surface area contributed by atoms with E-state index in [-0.39, 0.29) is 24.4 Å². The van der Waals surface area contributed by atoms with Crippen LogP contribution in [0.4, 0.5) is 0 Å². The minimum Gasteiger partial charge on any atom is -0.356 e. The number of fused-ring (bicyclic) bond motifs is 4. The van der Waals surface area contributed by atoms with Gasteiger partial charge in [-0.3, -0.25) is 9.59 Å². The summed E-state index contributed by atoms with van der Waals surface area (Å²) in [6.45, 7) is 2.60. The van der Waals surface area contributed by atoms with Gasteiger partial charge in [0.25, 0.3) is 0 Å². The lowest BCUT2D eigenvalue weighted by molar-refractivity contribution is -0.159. The molecule has 0 spiro atoms. The van der Waals surface area contributed by atoms with E-state index in [2.05, 4.69) is 48.3 Å². The van der Waals surface area contributed by atoms with Crippen molar-refractivity contribution >= 4 is 22.7 Å². The number of nitrogens with one attached hydrogen (secondary N) is 1. The van der Waals surface area contributed by atoms with Crippen molar-refractivity contribution < 1.29 is 9.59 Å². The third-order valence-electron chi connectivity index (χ3n) is 6.95. The van der Waals surface area contributed by atoms with Crippen LogP contribution in [0.15, 0.2) is 78.9 Å². The van der Waals surface area contributed by atoms with Crippen LogP contribution in [-0.2, 0) is 22.6 Å². The fraction of sp³-hybridized carbons (Fsp3) is 0.214. The minimum atomic E-state index is -0.507. The van der Waals surface area contributed by atoms with E-state index in [0.717, 1.165) is 38.9 Å². The molecule has 2 atom stereocenters. The molecule has 1 fully saturated rings. The molecule has 3 heterocycles. The molecule has 1 saturated heterocycles. The van der Waals surface area contributed by atoms with E-state index in [1.54, 1.807) is 4.90 Å². The van der Waals surface area contributed by atoms with E-state index in [9.17, 15) is 9.59 Å². The van der Waals surface area contributed by atoms with Crippen LogP contribution in [0.5, 0.6) is 0 Å². The molecule has 0 saturated carbocycles. The van der Waals surface area contributed by atoms with Gasteiger partial charge in [0, 0.05) is 29.6 Å². The van der Waals surface area contributed by atoms with Crippen molar-refractivity contribution in [3.05, 3.63) is 107 Å². The number of rotatable bonds is 3. The highest BCUT2D eigenvalue weighted by Gasteiger charge is 2.48. The Balaban J connectivity index is 1.46. The summed E-state index contributed by atoms with van der Waals surface area (Å²) in [6, 6.07) is 25.6. The van der Waals surface area contributed by atoms with E-state index in [0.29, 0.717) is 13.0 Å². The number of aromatic nitrogens is 1. The molecule has 4 aromatic rings. The first kappa shape index (κ1) is 19.8. The zero-order chi connectivity index (χ0) is 22.5. The monoisotopic (exact) mass is 435 g/mol. The van der Waals surface area contributed by atoms with Crippen LogP contribution in [0.2, 0.25) is 0 Å². The Labute approximate surface area is 192 Å². The number of hydrogen-bond donors (Lipinski definition) is 1. The molecule has 5 heteroatoms. The Bertz CT molecular complexity index is 1360. The van der Waals surface area contributed by atoms with Gasteiger partial charge >= 0.3 is 0 Å². The molecule has 1 N–H and O–H groups in total. The van der Waals surface area contributed by atoms with Crippen LogP contribution >= 0.6 is 0 Å². The predicted octanol–water partition coefficient (Wildman–Crippen LogP) is 4.36. The van der Waals surface area contributed by atoms with Gasteiger partial charge in [-0.25, -0.2) is 0 Å². The van der Waals surface area contributed by atoms with E-state index < -0.39 is 6.04 Å². The summed E-state index contributed by atoms with van der Waals surface area (Å²) in [6.07, 6.45) is 0.525. The molecule has 0 unspecified atom stereocenters. The molecule has 6 rings (SSSR count). The largest absolute Gasteiger partial charge is 0.356 e. The lowest BCUT2D eigenvalue weighted by Gasteiger charge is -2.47. The van der Waals surface area contributed by atoms with Crippen LogP contribution < -0.4 is 0 Å². The smallest absolute Gasteiger partial charge is 0.246 e. The molecule has 2 aliphatic heterocycles.